The smallest absolute Gasteiger partial charge is 0.269 e. The molecule has 3 heterocycles. The summed E-state index contributed by atoms with van der Waals surface area (Å²) < 4.78 is 11.4. The molecule has 1 atom stereocenters. The molecule has 0 saturated carbocycles. The van der Waals surface area contributed by atoms with Gasteiger partial charge in [0.2, 0.25) is 5.91 Å². The molecular weight excluding hydrogens is 398 g/mol. The summed E-state index contributed by atoms with van der Waals surface area (Å²) in [5.74, 6) is 1.59. The summed E-state index contributed by atoms with van der Waals surface area (Å²) in [5, 5.41) is 11.1. The van der Waals surface area contributed by atoms with Crippen LogP contribution in [0.2, 0.25) is 0 Å². The summed E-state index contributed by atoms with van der Waals surface area (Å²) in [7, 11) is 0. The first-order chi connectivity index (χ1) is 15.1. The number of nitro benzene ring substituents is 1. The highest BCUT2D eigenvalue weighted by Gasteiger charge is 2.32. The summed E-state index contributed by atoms with van der Waals surface area (Å²) in [5.41, 5.74) is 2.89. The lowest BCUT2D eigenvalue weighted by molar-refractivity contribution is -0.384. The minimum absolute atomic E-state index is 0.0410. The Labute approximate surface area is 180 Å². The van der Waals surface area contributed by atoms with E-state index in [1.54, 1.807) is 17.0 Å². The molecular formula is C23H25N3O5. The van der Waals surface area contributed by atoms with Crippen LogP contribution in [0.5, 0.6) is 11.5 Å². The third kappa shape index (κ3) is 3.83. The first-order valence-corrected chi connectivity index (χ1v) is 10.8. The van der Waals surface area contributed by atoms with Gasteiger partial charge < -0.3 is 14.4 Å². The van der Waals surface area contributed by atoms with Gasteiger partial charge in [0.25, 0.3) is 5.69 Å². The van der Waals surface area contributed by atoms with Crippen molar-refractivity contribution in [2.45, 2.75) is 31.7 Å². The minimum atomic E-state index is -0.386. The van der Waals surface area contributed by atoms with Crippen LogP contribution >= 0.6 is 0 Å². The van der Waals surface area contributed by atoms with Crippen molar-refractivity contribution >= 4 is 17.3 Å². The standard InChI is InChI=1S/C23H25N3O5/c27-23(25-10-1-3-16-13-18(26(28)29)6-7-20(16)25)15-24-9-2-4-19(24)17-5-8-21-22(14-17)31-12-11-30-21/h5-8,13-14,19H,1-4,9-12,15H2. The molecule has 2 aromatic rings. The SMILES string of the molecule is O=C(CN1CCCC1c1ccc2c(c1)OCCO2)N1CCCc2cc([N+](=O)[O-])ccc21. The summed E-state index contributed by atoms with van der Waals surface area (Å²) in [6.45, 7) is 2.96. The average Bonchev–Trinajstić information content (AvgIpc) is 3.25. The quantitative estimate of drug-likeness (QED) is 0.553. The highest BCUT2D eigenvalue weighted by molar-refractivity contribution is 5.96. The Morgan fingerprint density at radius 1 is 1.06 bits per heavy atom. The molecule has 8 nitrogen and oxygen atoms in total. The summed E-state index contributed by atoms with van der Waals surface area (Å²) in [6.07, 6.45) is 3.60. The van der Waals surface area contributed by atoms with Crippen molar-refractivity contribution in [2.24, 2.45) is 0 Å². The number of benzene rings is 2. The fraction of sp³-hybridized carbons (Fsp3) is 0.435. The second-order valence-electron chi connectivity index (χ2n) is 8.25. The number of hydrogen-bond donors (Lipinski definition) is 0. The molecule has 31 heavy (non-hydrogen) atoms. The van der Waals surface area contributed by atoms with E-state index in [-0.39, 0.29) is 22.6 Å². The van der Waals surface area contributed by atoms with Gasteiger partial charge in [-0.15, -0.1) is 0 Å². The number of carbonyl (C=O) groups excluding carboxylic acids is 1. The Balaban J connectivity index is 1.33. The number of nitrogens with zero attached hydrogens (tertiary/aromatic N) is 3. The maximum absolute atomic E-state index is 13.3. The second-order valence-corrected chi connectivity index (χ2v) is 8.25. The van der Waals surface area contributed by atoms with E-state index in [4.69, 9.17) is 9.47 Å². The van der Waals surface area contributed by atoms with E-state index in [1.807, 2.05) is 12.1 Å². The predicted molar refractivity (Wildman–Crippen MR) is 115 cm³/mol. The van der Waals surface area contributed by atoms with Gasteiger partial charge in [0.1, 0.15) is 13.2 Å². The number of likely N-dealkylation sites (tertiary alicyclic amines) is 1. The topological polar surface area (TPSA) is 85.2 Å². The number of carbonyl (C=O) groups is 1. The van der Waals surface area contributed by atoms with Gasteiger partial charge in [0.05, 0.1) is 11.5 Å². The van der Waals surface area contributed by atoms with Crippen molar-refractivity contribution in [3.05, 3.63) is 57.6 Å². The van der Waals surface area contributed by atoms with E-state index in [0.717, 1.165) is 60.5 Å². The molecule has 1 amide bonds. The van der Waals surface area contributed by atoms with Crippen LogP contribution in [-0.4, -0.2) is 48.6 Å². The van der Waals surface area contributed by atoms with Gasteiger partial charge in [0.15, 0.2) is 11.5 Å². The van der Waals surface area contributed by atoms with Crippen LogP contribution in [0.3, 0.4) is 0 Å². The number of anilines is 1. The molecule has 2 aromatic carbocycles. The second kappa shape index (κ2) is 8.19. The van der Waals surface area contributed by atoms with Crippen LogP contribution in [-0.2, 0) is 11.2 Å². The van der Waals surface area contributed by atoms with E-state index >= 15 is 0 Å². The van der Waals surface area contributed by atoms with Gasteiger partial charge in [-0.2, -0.15) is 0 Å². The Morgan fingerprint density at radius 2 is 1.90 bits per heavy atom. The number of nitro groups is 1. The van der Waals surface area contributed by atoms with Crippen molar-refractivity contribution in [2.75, 3.05) is 37.7 Å². The van der Waals surface area contributed by atoms with Crippen molar-refractivity contribution in [1.82, 2.24) is 4.90 Å². The third-order valence-corrected chi connectivity index (χ3v) is 6.35. The van der Waals surface area contributed by atoms with E-state index in [1.165, 1.54) is 6.07 Å². The zero-order chi connectivity index (χ0) is 21.4. The van der Waals surface area contributed by atoms with E-state index in [2.05, 4.69) is 11.0 Å². The first-order valence-electron chi connectivity index (χ1n) is 10.8. The van der Waals surface area contributed by atoms with Crippen LogP contribution in [0.15, 0.2) is 36.4 Å². The van der Waals surface area contributed by atoms with Gasteiger partial charge in [0, 0.05) is 30.4 Å². The molecule has 8 heteroatoms. The van der Waals surface area contributed by atoms with Crippen LogP contribution in [0, 0.1) is 10.1 Å². The average molecular weight is 423 g/mol. The number of fused-ring (bicyclic) bond motifs is 2. The number of amides is 1. The number of rotatable bonds is 4. The molecule has 1 unspecified atom stereocenters. The lowest BCUT2D eigenvalue weighted by Gasteiger charge is -2.32. The normalized spacial score (nSPS) is 20.4. The highest BCUT2D eigenvalue weighted by Crippen LogP contribution is 2.38. The Kier molecular flexibility index (Phi) is 5.23. The zero-order valence-electron chi connectivity index (χ0n) is 17.3. The largest absolute Gasteiger partial charge is 0.486 e. The molecule has 1 saturated heterocycles. The van der Waals surface area contributed by atoms with Gasteiger partial charge in [-0.1, -0.05) is 6.07 Å². The van der Waals surface area contributed by atoms with Gasteiger partial charge in [-0.05, 0) is 61.6 Å². The van der Waals surface area contributed by atoms with E-state index in [9.17, 15) is 14.9 Å². The Bertz CT molecular complexity index is 1020. The molecule has 3 aliphatic heterocycles. The number of ether oxygens (including phenoxy) is 2. The predicted octanol–water partition coefficient (Wildman–Crippen LogP) is 3.48. The van der Waals surface area contributed by atoms with Crippen LogP contribution in [0.25, 0.3) is 0 Å². The fourth-order valence-electron chi connectivity index (χ4n) is 4.88. The molecule has 0 bridgehead atoms. The van der Waals surface area contributed by atoms with Crippen LogP contribution in [0.1, 0.15) is 36.4 Å². The molecule has 0 aliphatic carbocycles. The van der Waals surface area contributed by atoms with Crippen molar-refractivity contribution in [3.8, 4) is 11.5 Å². The maximum atomic E-state index is 13.3. The number of hydrogen-bond acceptors (Lipinski definition) is 6. The third-order valence-electron chi connectivity index (χ3n) is 6.35. The molecule has 1 fully saturated rings. The summed E-state index contributed by atoms with van der Waals surface area (Å²) in [6, 6.07) is 11.0. The highest BCUT2D eigenvalue weighted by atomic mass is 16.6. The minimum Gasteiger partial charge on any atom is -0.486 e. The van der Waals surface area contributed by atoms with Crippen molar-refractivity contribution in [1.29, 1.82) is 0 Å². The zero-order valence-corrected chi connectivity index (χ0v) is 17.3. The Morgan fingerprint density at radius 3 is 2.74 bits per heavy atom. The molecule has 162 valence electrons. The maximum Gasteiger partial charge on any atom is 0.269 e. The monoisotopic (exact) mass is 423 g/mol. The number of aryl methyl sites for hydroxylation is 1. The lowest BCUT2D eigenvalue weighted by atomic mass is 10.0. The fourth-order valence-corrected chi connectivity index (χ4v) is 4.88. The molecule has 0 N–H and O–H groups in total. The van der Waals surface area contributed by atoms with Crippen molar-refractivity contribution in [3.63, 3.8) is 0 Å². The molecule has 0 aromatic heterocycles. The summed E-state index contributed by atoms with van der Waals surface area (Å²) >= 11 is 0. The van der Waals surface area contributed by atoms with Gasteiger partial charge >= 0.3 is 0 Å². The van der Waals surface area contributed by atoms with Crippen molar-refractivity contribution < 1.29 is 19.2 Å². The van der Waals surface area contributed by atoms with E-state index < -0.39 is 0 Å². The molecule has 5 rings (SSSR count). The van der Waals surface area contributed by atoms with Gasteiger partial charge in [-0.3, -0.25) is 19.8 Å². The van der Waals surface area contributed by atoms with E-state index in [0.29, 0.717) is 26.3 Å². The van der Waals surface area contributed by atoms with Crippen LogP contribution < -0.4 is 14.4 Å². The molecule has 0 radical (unpaired) electrons. The Hall–Kier alpha value is -3.13. The number of non-ortho nitro benzene ring substituents is 1. The van der Waals surface area contributed by atoms with Crippen LogP contribution in [0.4, 0.5) is 11.4 Å². The summed E-state index contributed by atoms with van der Waals surface area (Å²) in [4.78, 5) is 28.0. The molecule has 0 spiro atoms. The molecule has 3 aliphatic rings. The lowest BCUT2D eigenvalue weighted by Crippen LogP contribution is -2.42. The van der Waals surface area contributed by atoms with Gasteiger partial charge in [-0.25, -0.2) is 0 Å². The first kappa shape index (κ1) is 19.8.